The SMILES string of the molecule is CC1CCC(C#N)(NC(=O)c2cccc(Br)n2)CC1. The van der Waals surface area contributed by atoms with Crippen molar-refractivity contribution in [3.05, 3.63) is 28.5 Å². The van der Waals surface area contributed by atoms with Crippen LogP contribution in [0.25, 0.3) is 0 Å². The van der Waals surface area contributed by atoms with Gasteiger partial charge in [0, 0.05) is 0 Å². The van der Waals surface area contributed by atoms with Crippen molar-refractivity contribution in [1.29, 1.82) is 5.26 Å². The third-order valence-electron chi connectivity index (χ3n) is 3.64. The molecule has 0 aromatic carbocycles. The molecule has 0 radical (unpaired) electrons. The standard InChI is InChI=1S/C14H16BrN3O/c1-10-5-7-14(9-16,8-6-10)18-13(19)11-3-2-4-12(15)17-11/h2-4,10H,5-8H2,1H3,(H,18,19). The smallest absolute Gasteiger partial charge is 0.271 e. The molecule has 1 aliphatic carbocycles. The van der Waals surface area contributed by atoms with Gasteiger partial charge in [0.15, 0.2) is 0 Å². The van der Waals surface area contributed by atoms with E-state index in [2.05, 4.69) is 39.2 Å². The Balaban J connectivity index is 2.11. The molecule has 0 aliphatic heterocycles. The van der Waals surface area contributed by atoms with Crippen LogP contribution in [0.2, 0.25) is 0 Å². The van der Waals surface area contributed by atoms with Crippen LogP contribution in [0.3, 0.4) is 0 Å². The minimum atomic E-state index is -0.729. The molecule has 1 N–H and O–H groups in total. The van der Waals surface area contributed by atoms with E-state index >= 15 is 0 Å². The summed E-state index contributed by atoms with van der Waals surface area (Å²) < 4.78 is 0.614. The second-order valence-electron chi connectivity index (χ2n) is 5.18. The Kier molecular flexibility index (Phi) is 4.20. The predicted octanol–water partition coefficient (Wildman–Crippen LogP) is 3.05. The topological polar surface area (TPSA) is 65.8 Å². The first kappa shape index (κ1) is 14.0. The molecular weight excluding hydrogens is 306 g/mol. The van der Waals surface area contributed by atoms with Crippen LogP contribution in [0.4, 0.5) is 0 Å². The number of amides is 1. The number of nitrogens with one attached hydrogen (secondary N) is 1. The van der Waals surface area contributed by atoms with Crippen molar-refractivity contribution in [2.45, 2.75) is 38.1 Å². The van der Waals surface area contributed by atoms with E-state index in [9.17, 15) is 10.1 Å². The van der Waals surface area contributed by atoms with Gasteiger partial charge in [-0.15, -0.1) is 0 Å². The largest absolute Gasteiger partial charge is 0.332 e. The zero-order valence-electron chi connectivity index (χ0n) is 10.8. The second-order valence-corrected chi connectivity index (χ2v) is 5.99. The summed E-state index contributed by atoms with van der Waals surface area (Å²) in [5.41, 5.74) is -0.393. The Morgan fingerprint density at radius 3 is 2.79 bits per heavy atom. The van der Waals surface area contributed by atoms with Crippen molar-refractivity contribution >= 4 is 21.8 Å². The number of rotatable bonds is 2. The third-order valence-corrected chi connectivity index (χ3v) is 4.08. The van der Waals surface area contributed by atoms with E-state index in [1.807, 2.05) is 0 Å². The molecule has 1 aromatic heterocycles. The fourth-order valence-electron chi connectivity index (χ4n) is 2.34. The molecule has 1 saturated carbocycles. The summed E-state index contributed by atoms with van der Waals surface area (Å²) in [7, 11) is 0. The molecule has 0 bridgehead atoms. The van der Waals surface area contributed by atoms with Crippen LogP contribution >= 0.6 is 15.9 Å². The zero-order valence-corrected chi connectivity index (χ0v) is 12.4. The maximum atomic E-state index is 12.2. The van der Waals surface area contributed by atoms with Crippen molar-refractivity contribution < 1.29 is 4.79 Å². The Hall–Kier alpha value is -1.41. The summed E-state index contributed by atoms with van der Waals surface area (Å²) in [4.78, 5) is 16.3. The monoisotopic (exact) mass is 321 g/mol. The van der Waals surface area contributed by atoms with Crippen LogP contribution in [0, 0.1) is 17.2 Å². The Morgan fingerprint density at radius 1 is 1.53 bits per heavy atom. The van der Waals surface area contributed by atoms with Gasteiger partial charge in [0.05, 0.1) is 6.07 Å². The van der Waals surface area contributed by atoms with Gasteiger partial charge in [-0.05, 0) is 59.7 Å². The lowest BCUT2D eigenvalue weighted by atomic mass is 9.78. The Bertz CT molecular complexity index is 516. The molecule has 0 unspecified atom stereocenters. The summed E-state index contributed by atoms with van der Waals surface area (Å²) in [5, 5.41) is 12.2. The zero-order chi connectivity index (χ0) is 13.9. The molecule has 1 aliphatic rings. The van der Waals surface area contributed by atoms with Gasteiger partial charge in [-0.25, -0.2) is 4.98 Å². The van der Waals surface area contributed by atoms with Crippen molar-refractivity contribution in [2.75, 3.05) is 0 Å². The van der Waals surface area contributed by atoms with E-state index in [1.165, 1.54) is 0 Å². The minimum absolute atomic E-state index is 0.280. The first-order valence-electron chi connectivity index (χ1n) is 6.41. The molecule has 0 spiro atoms. The summed E-state index contributed by atoms with van der Waals surface area (Å²) in [5.74, 6) is 0.347. The molecule has 0 saturated heterocycles. The molecule has 0 atom stereocenters. The summed E-state index contributed by atoms with van der Waals surface area (Å²) in [6.45, 7) is 2.18. The number of halogens is 1. The van der Waals surface area contributed by atoms with Gasteiger partial charge >= 0.3 is 0 Å². The van der Waals surface area contributed by atoms with Gasteiger partial charge in [0.2, 0.25) is 0 Å². The average molecular weight is 322 g/mol. The predicted molar refractivity (Wildman–Crippen MR) is 75.4 cm³/mol. The number of pyridine rings is 1. The van der Waals surface area contributed by atoms with E-state index in [0.717, 1.165) is 12.8 Å². The van der Waals surface area contributed by atoms with Crippen LogP contribution in [0.5, 0.6) is 0 Å². The third kappa shape index (κ3) is 3.32. The van der Waals surface area contributed by atoms with E-state index < -0.39 is 5.54 Å². The van der Waals surface area contributed by atoms with E-state index in [1.54, 1.807) is 18.2 Å². The highest BCUT2D eigenvalue weighted by molar-refractivity contribution is 9.10. The first-order valence-corrected chi connectivity index (χ1v) is 7.20. The van der Waals surface area contributed by atoms with Crippen LogP contribution in [-0.4, -0.2) is 16.4 Å². The summed E-state index contributed by atoms with van der Waals surface area (Å²) in [6.07, 6.45) is 3.37. The molecule has 2 rings (SSSR count). The molecular formula is C14H16BrN3O. The summed E-state index contributed by atoms with van der Waals surface area (Å²) in [6, 6.07) is 7.45. The van der Waals surface area contributed by atoms with Crippen LogP contribution < -0.4 is 5.32 Å². The normalized spacial score (nSPS) is 26.5. The highest BCUT2D eigenvalue weighted by Gasteiger charge is 2.36. The van der Waals surface area contributed by atoms with Gasteiger partial charge in [-0.1, -0.05) is 13.0 Å². The van der Waals surface area contributed by atoms with Crippen LogP contribution in [0.1, 0.15) is 43.1 Å². The summed E-state index contributed by atoms with van der Waals surface area (Å²) >= 11 is 3.24. The Morgan fingerprint density at radius 2 is 2.21 bits per heavy atom. The van der Waals surface area contributed by atoms with Crippen molar-refractivity contribution in [1.82, 2.24) is 10.3 Å². The fourth-order valence-corrected chi connectivity index (χ4v) is 2.68. The molecule has 19 heavy (non-hydrogen) atoms. The number of nitriles is 1. The quantitative estimate of drug-likeness (QED) is 0.851. The number of carbonyl (C=O) groups is 1. The van der Waals surface area contributed by atoms with Crippen molar-refractivity contribution in [3.63, 3.8) is 0 Å². The number of hydrogen-bond donors (Lipinski definition) is 1. The highest BCUT2D eigenvalue weighted by Crippen LogP contribution is 2.31. The van der Waals surface area contributed by atoms with E-state index in [-0.39, 0.29) is 5.91 Å². The average Bonchev–Trinajstić information content (AvgIpc) is 2.42. The molecule has 1 heterocycles. The number of carbonyl (C=O) groups excluding carboxylic acids is 1. The second kappa shape index (κ2) is 5.70. The molecule has 100 valence electrons. The van der Waals surface area contributed by atoms with Crippen molar-refractivity contribution in [2.24, 2.45) is 5.92 Å². The molecule has 4 nitrogen and oxygen atoms in total. The molecule has 1 aromatic rings. The Labute approximate surface area is 121 Å². The van der Waals surface area contributed by atoms with Gasteiger partial charge < -0.3 is 5.32 Å². The lowest BCUT2D eigenvalue weighted by Crippen LogP contribution is -2.49. The number of aromatic nitrogens is 1. The van der Waals surface area contributed by atoms with Crippen molar-refractivity contribution in [3.8, 4) is 6.07 Å². The molecule has 1 amide bonds. The highest BCUT2D eigenvalue weighted by atomic mass is 79.9. The van der Waals surface area contributed by atoms with Crippen LogP contribution in [0.15, 0.2) is 22.8 Å². The first-order chi connectivity index (χ1) is 9.04. The fraction of sp³-hybridized carbons (Fsp3) is 0.500. The molecule has 5 heteroatoms. The number of nitrogens with zero attached hydrogens (tertiary/aromatic N) is 2. The lowest BCUT2D eigenvalue weighted by molar-refractivity contribution is 0.0888. The molecule has 1 fully saturated rings. The van der Waals surface area contributed by atoms with Crippen LogP contribution in [-0.2, 0) is 0 Å². The number of hydrogen-bond acceptors (Lipinski definition) is 3. The van der Waals surface area contributed by atoms with E-state index in [4.69, 9.17) is 0 Å². The van der Waals surface area contributed by atoms with Gasteiger partial charge in [0.1, 0.15) is 15.8 Å². The van der Waals surface area contributed by atoms with Gasteiger partial charge in [0.25, 0.3) is 5.91 Å². The lowest BCUT2D eigenvalue weighted by Gasteiger charge is -2.34. The maximum Gasteiger partial charge on any atom is 0.271 e. The van der Waals surface area contributed by atoms with Gasteiger partial charge in [-0.2, -0.15) is 5.26 Å². The maximum absolute atomic E-state index is 12.2. The van der Waals surface area contributed by atoms with E-state index in [0.29, 0.717) is 29.1 Å². The van der Waals surface area contributed by atoms with Gasteiger partial charge in [-0.3, -0.25) is 4.79 Å². The minimum Gasteiger partial charge on any atom is -0.332 e.